The highest BCUT2D eigenvalue weighted by molar-refractivity contribution is 6.62. The summed E-state index contributed by atoms with van der Waals surface area (Å²) >= 11 is 0. The summed E-state index contributed by atoms with van der Waals surface area (Å²) in [6, 6.07) is 0. The van der Waals surface area contributed by atoms with Gasteiger partial charge in [0, 0.05) is 5.92 Å². The maximum atomic E-state index is 11.3. The number of hydrogen-bond donors (Lipinski definition) is 1. The van der Waals surface area contributed by atoms with E-state index in [1.807, 2.05) is 0 Å². The third-order valence-electron chi connectivity index (χ3n) is 1.76. The predicted molar refractivity (Wildman–Crippen MR) is 42.4 cm³/mol. The molecule has 1 aliphatic carbocycles. The Kier molecular flexibility index (Phi) is 2.93. The zero-order valence-electron chi connectivity index (χ0n) is 7.37. The van der Waals surface area contributed by atoms with Crippen molar-refractivity contribution in [2.75, 3.05) is 6.61 Å². The van der Waals surface area contributed by atoms with Gasteiger partial charge in [0.25, 0.3) is 5.78 Å². The van der Waals surface area contributed by atoms with Crippen LogP contribution in [0.1, 0.15) is 19.8 Å². The van der Waals surface area contributed by atoms with Crippen LogP contribution in [0.4, 0.5) is 0 Å². The minimum atomic E-state index is -0.783. The fraction of sp³-hybridized carbons (Fsp3) is 0.625. The third-order valence-corrected chi connectivity index (χ3v) is 1.76. The van der Waals surface area contributed by atoms with E-state index in [0.717, 1.165) is 12.8 Å². The largest absolute Gasteiger partial charge is 0.490 e. The Hall–Kier alpha value is -1.48. The van der Waals surface area contributed by atoms with E-state index in [2.05, 4.69) is 9.53 Å². The summed E-state index contributed by atoms with van der Waals surface area (Å²) in [7, 11) is 0. The molecule has 0 heterocycles. The van der Waals surface area contributed by atoms with E-state index in [1.54, 1.807) is 6.92 Å². The van der Waals surface area contributed by atoms with Gasteiger partial charge >= 0.3 is 11.7 Å². The number of Topliss-reactive ketones (excluding diaryl/α,β-unsaturated/α-hetero) is 1. The number of ketones is 1. The van der Waals surface area contributed by atoms with Crippen LogP contribution in [0.5, 0.6) is 0 Å². The Balaban J connectivity index is 2.67. The Morgan fingerprint density at radius 1 is 1.54 bits per heavy atom. The number of hydrogen-bond acceptors (Lipinski definition) is 4. The maximum absolute atomic E-state index is 11.3. The molecule has 1 rings (SSSR count). The van der Waals surface area contributed by atoms with Gasteiger partial charge in [-0.2, -0.15) is 0 Å². The Bertz CT molecular complexity index is 288. The number of carbonyl (C=O) groups excluding carboxylic acids is 2. The molecule has 0 spiro atoms. The van der Waals surface area contributed by atoms with E-state index in [0.29, 0.717) is 0 Å². The summed E-state index contributed by atoms with van der Waals surface area (Å²) in [6.07, 6.45) is 1.58. The summed E-state index contributed by atoms with van der Waals surface area (Å²) in [5.74, 6) is -1.24. The Labute approximate surface area is 75.3 Å². The summed E-state index contributed by atoms with van der Waals surface area (Å²) in [5, 5.41) is 0. The number of carbonyl (C=O) groups is 2. The van der Waals surface area contributed by atoms with Gasteiger partial charge in [-0.05, 0) is 19.8 Å². The number of nitrogens with zero attached hydrogens (tertiary/aromatic N) is 1. The molecule has 1 fully saturated rings. The average Bonchev–Trinajstić information content (AvgIpc) is 2.88. The molecule has 0 aliphatic heterocycles. The van der Waals surface area contributed by atoms with Crippen molar-refractivity contribution < 1.29 is 19.1 Å². The molecule has 0 atom stereocenters. The predicted octanol–water partition coefficient (Wildman–Crippen LogP) is 0.209. The lowest BCUT2D eigenvalue weighted by atomic mass is 10.2. The first kappa shape index (κ1) is 9.61. The van der Waals surface area contributed by atoms with Gasteiger partial charge in [0.15, 0.2) is 0 Å². The van der Waals surface area contributed by atoms with E-state index >= 15 is 0 Å². The molecule has 1 N–H and O–H groups in total. The summed E-state index contributed by atoms with van der Waals surface area (Å²) in [6.45, 7) is 1.83. The van der Waals surface area contributed by atoms with Gasteiger partial charge in [0.1, 0.15) is 0 Å². The second-order valence-electron chi connectivity index (χ2n) is 2.82. The lowest BCUT2D eigenvalue weighted by molar-refractivity contribution is -0.156. The lowest BCUT2D eigenvalue weighted by Gasteiger charge is -1.93. The fourth-order valence-electron chi connectivity index (χ4n) is 0.940. The van der Waals surface area contributed by atoms with Crippen LogP contribution in [0.25, 0.3) is 0 Å². The number of ether oxygens (including phenoxy) is 1. The van der Waals surface area contributed by atoms with Crippen molar-refractivity contribution in [3.63, 3.8) is 0 Å². The molecular formula is C8H11N2O3+. The first-order valence-corrected chi connectivity index (χ1v) is 4.16. The van der Waals surface area contributed by atoms with Crippen LogP contribution in [-0.2, 0) is 14.3 Å². The molecule has 0 aromatic carbocycles. The first-order valence-electron chi connectivity index (χ1n) is 4.16. The van der Waals surface area contributed by atoms with Crippen molar-refractivity contribution >= 4 is 17.5 Å². The van der Waals surface area contributed by atoms with Gasteiger partial charge in [-0.15, -0.1) is 0 Å². The second kappa shape index (κ2) is 3.96. The molecule has 70 valence electrons. The molecule has 1 saturated carbocycles. The van der Waals surface area contributed by atoms with Crippen LogP contribution in [0, 0.1) is 11.4 Å². The van der Waals surface area contributed by atoms with Crippen LogP contribution in [0.15, 0.2) is 0 Å². The number of rotatable bonds is 4. The molecule has 0 amide bonds. The molecule has 0 unspecified atom stereocenters. The van der Waals surface area contributed by atoms with Crippen molar-refractivity contribution in [3.05, 3.63) is 0 Å². The van der Waals surface area contributed by atoms with Gasteiger partial charge in [0.05, 0.1) is 16.9 Å². The Morgan fingerprint density at radius 3 is 2.54 bits per heavy atom. The topological polar surface area (TPSA) is 81.3 Å². The van der Waals surface area contributed by atoms with Crippen LogP contribution in [0.2, 0.25) is 0 Å². The van der Waals surface area contributed by atoms with Crippen LogP contribution < -0.4 is 0 Å². The molecule has 13 heavy (non-hydrogen) atoms. The Morgan fingerprint density at radius 2 is 2.15 bits per heavy atom. The number of esters is 1. The fourth-order valence-corrected chi connectivity index (χ4v) is 0.940. The summed E-state index contributed by atoms with van der Waals surface area (Å²) in [4.78, 5) is 25.3. The van der Waals surface area contributed by atoms with Crippen molar-refractivity contribution in [1.82, 2.24) is 0 Å². The monoisotopic (exact) mass is 183 g/mol. The molecule has 0 radical (unpaired) electrons. The summed E-state index contributed by atoms with van der Waals surface area (Å²) < 4.78 is 4.58. The highest BCUT2D eigenvalue weighted by atomic mass is 16.5. The van der Waals surface area contributed by atoms with E-state index in [1.165, 1.54) is 0 Å². The zero-order valence-corrected chi connectivity index (χ0v) is 7.37. The standard InChI is InChI=1S/C8H11N2O3/c1-2-13-8(12)6(10-9)7(11)5-3-4-5/h5,9H,2-4H2,1H3/q+1. The van der Waals surface area contributed by atoms with Crippen LogP contribution >= 0.6 is 0 Å². The smallest absolute Gasteiger partial charge is 0.457 e. The molecule has 0 aromatic heterocycles. The molecule has 0 aromatic rings. The normalized spacial score (nSPS) is 14.5. The molecule has 5 nitrogen and oxygen atoms in total. The van der Waals surface area contributed by atoms with Crippen molar-refractivity contribution in [2.45, 2.75) is 19.8 Å². The average molecular weight is 183 g/mol. The minimum Gasteiger partial charge on any atom is -0.457 e. The van der Waals surface area contributed by atoms with Crippen molar-refractivity contribution in [1.29, 1.82) is 5.53 Å². The number of nitrogens with one attached hydrogen (secondary N) is 1. The van der Waals surface area contributed by atoms with Crippen molar-refractivity contribution in [3.8, 4) is 0 Å². The van der Waals surface area contributed by atoms with Crippen LogP contribution in [0.3, 0.4) is 0 Å². The van der Waals surface area contributed by atoms with Crippen LogP contribution in [-0.4, -0.2) is 28.9 Å². The van der Waals surface area contributed by atoms with Gasteiger partial charge in [0.2, 0.25) is 0 Å². The van der Waals surface area contributed by atoms with E-state index in [9.17, 15) is 9.59 Å². The minimum absolute atomic E-state index is 0.103. The van der Waals surface area contributed by atoms with Crippen molar-refractivity contribution in [2.24, 2.45) is 5.92 Å². The molecular weight excluding hydrogens is 172 g/mol. The zero-order chi connectivity index (χ0) is 9.84. The van der Waals surface area contributed by atoms with Gasteiger partial charge in [-0.3, -0.25) is 4.79 Å². The molecule has 5 heteroatoms. The van der Waals surface area contributed by atoms with E-state index in [-0.39, 0.29) is 24.0 Å². The highest BCUT2D eigenvalue weighted by Crippen LogP contribution is 2.30. The van der Waals surface area contributed by atoms with Gasteiger partial charge in [-0.25, -0.2) is 4.79 Å². The van der Waals surface area contributed by atoms with Gasteiger partial charge < -0.3 is 4.74 Å². The maximum Gasteiger partial charge on any atom is 0.490 e. The quantitative estimate of drug-likeness (QED) is 0.222. The molecule has 0 bridgehead atoms. The summed E-state index contributed by atoms with van der Waals surface area (Å²) in [5.41, 5.74) is 6.32. The van der Waals surface area contributed by atoms with E-state index in [4.69, 9.17) is 5.53 Å². The SMILES string of the molecule is CCOC(=O)C(=[N+]=N)C(=O)C1CC1. The molecule has 1 aliphatic rings. The van der Waals surface area contributed by atoms with E-state index < -0.39 is 5.97 Å². The second-order valence-corrected chi connectivity index (χ2v) is 2.82. The van der Waals surface area contributed by atoms with Gasteiger partial charge in [-0.1, -0.05) is 0 Å². The lowest BCUT2D eigenvalue weighted by Crippen LogP contribution is -2.28. The first-order chi connectivity index (χ1) is 6.20. The highest BCUT2D eigenvalue weighted by Gasteiger charge is 2.43. The molecule has 0 saturated heterocycles. The third kappa shape index (κ3) is 2.23.